The number of nitrogens with zero attached hydrogens (tertiary/aromatic N) is 1. The van der Waals surface area contributed by atoms with Gasteiger partial charge in [0.05, 0.1) is 22.6 Å². The SMILES string of the molecule is CCOc1ccc(S(=O)(=O)N[C@H](C)C(=O)N2CCCC2)cc1Cl. The first-order valence-corrected chi connectivity index (χ1v) is 9.44. The molecule has 0 radical (unpaired) electrons. The van der Waals surface area contributed by atoms with Crippen molar-refractivity contribution in [2.45, 2.75) is 37.6 Å². The van der Waals surface area contributed by atoms with Crippen molar-refractivity contribution in [2.24, 2.45) is 0 Å². The van der Waals surface area contributed by atoms with Gasteiger partial charge in [-0.15, -0.1) is 0 Å². The molecule has 0 unspecified atom stereocenters. The van der Waals surface area contributed by atoms with Gasteiger partial charge in [0.15, 0.2) is 0 Å². The molecule has 1 aromatic carbocycles. The van der Waals surface area contributed by atoms with Gasteiger partial charge < -0.3 is 9.64 Å². The number of ether oxygens (including phenoxy) is 1. The van der Waals surface area contributed by atoms with Gasteiger partial charge in [0.25, 0.3) is 0 Å². The van der Waals surface area contributed by atoms with Crippen LogP contribution in [0, 0.1) is 0 Å². The molecule has 0 spiro atoms. The van der Waals surface area contributed by atoms with Crippen LogP contribution in [0.25, 0.3) is 0 Å². The molecule has 1 aliphatic heterocycles. The van der Waals surface area contributed by atoms with Crippen molar-refractivity contribution < 1.29 is 17.9 Å². The van der Waals surface area contributed by atoms with E-state index in [-0.39, 0.29) is 15.8 Å². The molecule has 1 fully saturated rings. The van der Waals surface area contributed by atoms with E-state index in [4.69, 9.17) is 16.3 Å². The highest BCUT2D eigenvalue weighted by molar-refractivity contribution is 7.89. The van der Waals surface area contributed by atoms with E-state index >= 15 is 0 Å². The first-order chi connectivity index (χ1) is 10.8. The molecule has 128 valence electrons. The number of amides is 1. The number of hydrogen-bond acceptors (Lipinski definition) is 4. The van der Waals surface area contributed by atoms with Gasteiger partial charge in [-0.2, -0.15) is 4.72 Å². The predicted molar refractivity (Wildman–Crippen MR) is 88.2 cm³/mol. The summed E-state index contributed by atoms with van der Waals surface area (Å²) in [5, 5.41) is 0.216. The minimum Gasteiger partial charge on any atom is -0.492 e. The number of carbonyl (C=O) groups is 1. The second-order valence-electron chi connectivity index (χ2n) is 5.40. The number of likely N-dealkylation sites (tertiary alicyclic amines) is 1. The van der Waals surface area contributed by atoms with Crippen molar-refractivity contribution in [3.8, 4) is 5.75 Å². The summed E-state index contributed by atoms with van der Waals surface area (Å²) in [6.07, 6.45) is 1.92. The number of halogens is 1. The minimum atomic E-state index is -3.83. The molecule has 0 saturated carbocycles. The smallest absolute Gasteiger partial charge is 0.241 e. The van der Waals surface area contributed by atoms with Gasteiger partial charge >= 0.3 is 0 Å². The van der Waals surface area contributed by atoms with E-state index in [9.17, 15) is 13.2 Å². The van der Waals surface area contributed by atoms with Gasteiger partial charge in [-0.05, 0) is 44.9 Å². The summed E-state index contributed by atoms with van der Waals surface area (Å²) in [5.74, 6) is 0.220. The maximum Gasteiger partial charge on any atom is 0.241 e. The third-order valence-corrected chi connectivity index (χ3v) is 5.47. The Kier molecular flexibility index (Phi) is 5.89. The first kappa shape index (κ1) is 18.0. The lowest BCUT2D eigenvalue weighted by Crippen LogP contribution is -2.45. The van der Waals surface area contributed by atoms with Crippen LogP contribution in [0.15, 0.2) is 23.1 Å². The Morgan fingerprint density at radius 2 is 2.04 bits per heavy atom. The number of carbonyl (C=O) groups excluding carboxylic acids is 1. The second-order valence-corrected chi connectivity index (χ2v) is 7.52. The Hall–Kier alpha value is -1.31. The van der Waals surface area contributed by atoms with Gasteiger partial charge in [0.2, 0.25) is 15.9 Å². The van der Waals surface area contributed by atoms with Crippen LogP contribution in [0.2, 0.25) is 5.02 Å². The van der Waals surface area contributed by atoms with E-state index in [0.29, 0.717) is 25.4 Å². The molecule has 2 rings (SSSR count). The van der Waals surface area contributed by atoms with Crippen LogP contribution in [0.3, 0.4) is 0 Å². The highest BCUT2D eigenvalue weighted by atomic mass is 35.5. The Labute approximate surface area is 141 Å². The van der Waals surface area contributed by atoms with Crippen LogP contribution in [0.4, 0.5) is 0 Å². The summed E-state index contributed by atoms with van der Waals surface area (Å²) in [7, 11) is -3.83. The van der Waals surface area contributed by atoms with Crippen LogP contribution in [-0.2, 0) is 14.8 Å². The zero-order chi connectivity index (χ0) is 17.0. The van der Waals surface area contributed by atoms with Crippen LogP contribution in [0.1, 0.15) is 26.7 Å². The molecule has 1 saturated heterocycles. The van der Waals surface area contributed by atoms with E-state index in [1.807, 2.05) is 6.92 Å². The lowest BCUT2D eigenvalue weighted by Gasteiger charge is -2.21. The molecule has 6 nitrogen and oxygen atoms in total. The number of nitrogens with one attached hydrogen (secondary N) is 1. The second kappa shape index (κ2) is 7.51. The molecule has 23 heavy (non-hydrogen) atoms. The summed E-state index contributed by atoms with van der Waals surface area (Å²) in [5.41, 5.74) is 0. The fourth-order valence-corrected chi connectivity index (χ4v) is 4.01. The number of hydrogen-bond donors (Lipinski definition) is 1. The molecular formula is C15H21ClN2O4S. The van der Waals surface area contributed by atoms with E-state index < -0.39 is 16.1 Å². The topological polar surface area (TPSA) is 75.7 Å². The molecule has 1 atom stereocenters. The molecule has 1 amide bonds. The molecule has 8 heteroatoms. The molecule has 1 N–H and O–H groups in total. The summed E-state index contributed by atoms with van der Waals surface area (Å²) in [6, 6.07) is 3.42. The lowest BCUT2D eigenvalue weighted by atomic mass is 10.3. The molecule has 0 bridgehead atoms. The average Bonchev–Trinajstić information content (AvgIpc) is 3.02. The quantitative estimate of drug-likeness (QED) is 0.842. The highest BCUT2D eigenvalue weighted by Crippen LogP contribution is 2.27. The Morgan fingerprint density at radius 3 is 2.61 bits per heavy atom. The largest absolute Gasteiger partial charge is 0.492 e. The van der Waals surface area contributed by atoms with Crippen molar-refractivity contribution in [3.63, 3.8) is 0 Å². The monoisotopic (exact) mass is 360 g/mol. The van der Waals surface area contributed by atoms with Crippen LogP contribution >= 0.6 is 11.6 Å². The van der Waals surface area contributed by atoms with Crippen molar-refractivity contribution >= 4 is 27.5 Å². The fourth-order valence-electron chi connectivity index (χ4n) is 2.48. The Bertz CT molecular complexity index is 672. The molecule has 1 aliphatic rings. The van der Waals surface area contributed by atoms with Crippen LogP contribution < -0.4 is 9.46 Å². The van der Waals surface area contributed by atoms with Crippen LogP contribution in [0.5, 0.6) is 5.75 Å². The summed E-state index contributed by atoms with van der Waals surface area (Å²) in [6.45, 7) is 5.16. The van der Waals surface area contributed by atoms with Gasteiger partial charge in [0.1, 0.15) is 5.75 Å². The van der Waals surface area contributed by atoms with E-state index in [1.165, 1.54) is 18.2 Å². The molecule has 0 aromatic heterocycles. The van der Waals surface area contributed by atoms with E-state index in [0.717, 1.165) is 12.8 Å². The zero-order valence-electron chi connectivity index (χ0n) is 13.2. The van der Waals surface area contributed by atoms with Gasteiger partial charge in [0, 0.05) is 13.1 Å². The molecule has 1 heterocycles. The molecule has 1 aromatic rings. The van der Waals surface area contributed by atoms with Crippen molar-refractivity contribution in [3.05, 3.63) is 23.2 Å². The molecular weight excluding hydrogens is 340 g/mol. The summed E-state index contributed by atoms with van der Waals surface area (Å²) in [4.78, 5) is 13.9. The Morgan fingerprint density at radius 1 is 1.39 bits per heavy atom. The number of sulfonamides is 1. The van der Waals surface area contributed by atoms with Crippen molar-refractivity contribution in [1.82, 2.24) is 9.62 Å². The highest BCUT2D eigenvalue weighted by Gasteiger charge is 2.27. The number of benzene rings is 1. The standard InChI is InChI=1S/C15H21ClN2O4S/c1-3-22-14-7-6-12(10-13(14)16)23(20,21)17-11(2)15(19)18-8-4-5-9-18/h6-7,10-11,17H,3-5,8-9H2,1-2H3/t11-/m1/s1. The van der Waals surface area contributed by atoms with Crippen molar-refractivity contribution in [2.75, 3.05) is 19.7 Å². The van der Waals surface area contributed by atoms with E-state index in [2.05, 4.69) is 4.72 Å². The fraction of sp³-hybridized carbons (Fsp3) is 0.533. The lowest BCUT2D eigenvalue weighted by molar-refractivity contribution is -0.131. The maximum atomic E-state index is 12.4. The van der Waals surface area contributed by atoms with Crippen molar-refractivity contribution in [1.29, 1.82) is 0 Å². The van der Waals surface area contributed by atoms with E-state index in [1.54, 1.807) is 11.8 Å². The summed E-state index contributed by atoms with van der Waals surface area (Å²) < 4.78 is 32.5. The average molecular weight is 361 g/mol. The minimum absolute atomic E-state index is 0.00650. The Balaban J connectivity index is 2.11. The third kappa shape index (κ3) is 4.37. The number of rotatable bonds is 6. The third-order valence-electron chi connectivity index (χ3n) is 3.63. The summed E-state index contributed by atoms with van der Waals surface area (Å²) >= 11 is 6.02. The maximum absolute atomic E-state index is 12.4. The normalized spacial score (nSPS) is 16.4. The van der Waals surface area contributed by atoms with Crippen LogP contribution in [-0.4, -0.2) is 45.0 Å². The van der Waals surface area contributed by atoms with Gasteiger partial charge in [-0.25, -0.2) is 8.42 Å². The van der Waals surface area contributed by atoms with Gasteiger partial charge in [-0.1, -0.05) is 11.6 Å². The molecule has 0 aliphatic carbocycles. The zero-order valence-corrected chi connectivity index (χ0v) is 14.8. The van der Waals surface area contributed by atoms with Gasteiger partial charge in [-0.3, -0.25) is 4.79 Å². The predicted octanol–water partition coefficient (Wildman–Crippen LogP) is 2.03. The first-order valence-electron chi connectivity index (χ1n) is 7.58.